The highest BCUT2D eigenvalue weighted by Crippen LogP contribution is 2.28. The van der Waals surface area contributed by atoms with E-state index in [9.17, 15) is 20.4 Å². The van der Waals surface area contributed by atoms with Crippen molar-refractivity contribution >= 4 is 0 Å². The number of aliphatic hydroxyl groups is 4. The van der Waals surface area contributed by atoms with Crippen molar-refractivity contribution in [3.8, 4) is 0 Å². The first kappa shape index (κ1) is 46.7. The number of rotatable bonds is 20. The summed E-state index contributed by atoms with van der Waals surface area (Å²) < 4.78 is 11.5. The standard InChI is InChI=1S/C46H68O6/c1-34(2)19-13-22-37(5)25-16-28-38(6)26-14-23-35(3)20-11-12-21-36(4)24-15-27-39(7)29-17-30-40(8)31-18-32-46(9,10)52-45-44(50)43(49)42(48)41(33-47)51-45/h11-12,14-17,19-21,23-30,41-45,47-50H,13,18,22,31-33H2,1-10H3/b12-11+,23-14+,24-15+,28-16+,29-17+,35-20+,36-21+,37-25+,38-26+,39-27+,40-30+/t41-,42+,43-,44+,45-/m0/s1. The Morgan fingerprint density at radius 2 is 1.04 bits per heavy atom. The van der Waals surface area contributed by atoms with Gasteiger partial charge in [-0.1, -0.05) is 142 Å². The number of aliphatic hydroxyl groups excluding tert-OH is 4. The van der Waals surface area contributed by atoms with Gasteiger partial charge in [-0.3, -0.25) is 0 Å². The number of ether oxygens (including phenoxy) is 2. The summed E-state index contributed by atoms with van der Waals surface area (Å²) in [4.78, 5) is 0. The first-order valence-corrected chi connectivity index (χ1v) is 18.6. The zero-order valence-corrected chi connectivity index (χ0v) is 33.5. The summed E-state index contributed by atoms with van der Waals surface area (Å²) in [6.07, 6.45) is 34.1. The largest absolute Gasteiger partial charge is 0.394 e. The van der Waals surface area contributed by atoms with E-state index in [1.165, 1.54) is 27.9 Å². The van der Waals surface area contributed by atoms with Gasteiger partial charge in [0.2, 0.25) is 0 Å². The van der Waals surface area contributed by atoms with Crippen LogP contribution in [-0.2, 0) is 9.47 Å². The lowest BCUT2D eigenvalue weighted by atomic mass is 9.96. The maximum absolute atomic E-state index is 10.3. The minimum absolute atomic E-state index is 0.480. The second-order valence-corrected chi connectivity index (χ2v) is 14.7. The molecule has 0 amide bonds. The Kier molecular flexibility index (Phi) is 23.0. The van der Waals surface area contributed by atoms with Crippen molar-refractivity contribution in [3.63, 3.8) is 0 Å². The molecule has 0 saturated carbocycles. The lowest BCUT2D eigenvalue weighted by Crippen LogP contribution is -2.60. The summed E-state index contributed by atoms with van der Waals surface area (Å²) in [5.74, 6) is 0. The van der Waals surface area contributed by atoms with E-state index in [-0.39, 0.29) is 0 Å². The SMILES string of the molecule is CC(C)=CCC/C(C)=C/C=C/C(C)=C/C=C/C(C)=C/C=C/C=C(C)/C=C/C=C(C)/C=C/C=C(\C)CCCC(C)(C)O[C@@H]1O[C@@H](CO)[C@@H](O)[C@H](O)[C@H]1O. The van der Waals surface area contributed by atoms with Crippen LogP contribution >= 0.6 is 0 Å². The van der Waals surface area contributed by atoms with Gasteiger partial charge in [-0.15, -0.1) is 0 Å². The Balaban J connectivity index is 2.51. The van der Waals surface area contributed by atoms with Crippen molar-refractivity contribution in [2.24, 2.45) is 0 Å². The summed E-state index contributed by atoms with van der Waals surface area (Å²) in [5.41, 5.74) is 8.05. The van der Waals surface area contributed by atoms with Crippen LogP contribution in [0.4, 0.5) is 0 Å². The highest BCUT2D eigenvalue weighted by molar-refractivity contribution is 5.32. The monoisotopic (exact) mass is 717 g/mol. The van der Waals surface area contributed by atoms with E-state index >= 15 is 0 Å². The minimum atomic E-state index is -1.45. The zero-order chi connectivity index (χ0) is 39.1. The maximum Gasteiger partial charge on any atom is 0.187 e. The van der Waals surface area contributed by atoms with Crippen LogP contribution in [0.15, 0.2) is 142 Å². The highest BCUT2D eigenvalue weighted by Gasteiger charge is 2.45. The van der Waals surface area contributed by atoms with E-state index in [2.05, 4.69) is 159 Å². The normalized spacial score (nSPS) is 23.8. The molecule has 0 aromatic heterocycles. The van der Waals surface area contributed by atoms with Crippen molar-refractivity contribution in [1.29, 1.82) is 0 Å². The van der Waals surface area contributed by atoms with Crippen molar-refractivity contribution in [1.82, 2.24) is 0 Å². The maximum atomic E-state index is 10.3. The third kappa shape index (κ3) is 21.2. The predicted molar refractivity (Wildman–Crippen MR) is 220 cm³/mol. The third-order valence-corrected chi connectivity index (χ3v) is 8.47. The fourth-order valence-electron chi connectivity index (χ4n) is 5.15. The summed E-state index contributed by atoms with van der Waals surface area (Å²) in [6.45, 7) is 20.2. The quantitative estimate of drug-likeness (QED) is 0.0740. The summed E-state index contributed by atoms with van der Waals surface area (Å²) in [7, 11) is 0. The number of hydrogen-bond acceptors (Lipinski definition) is 6. The van der Waals surface area contributed by atoms with Crippen LogP contribution in [0.5, 0.6) is 0 Å². The molecule has 5 atom stereocenters. The van der Waals surface area contributed by atoms with Crippen LogP contribution in [0.3, 0.4) is 0 Å². The molecule has 0 aliphatic carbocycles. The Labute approximate surface area is 315 Å². The summed E-state index contributed by atoms with van der Waals surface area (Å²) in [5, 5.41) is 39.7. The molecule has 1 heterocycles. The second kappa shape index (κ2) is 25.6. The van der Waals surface area contributed by atoms with Crippen molar-refractivity contribution < 1.29 is 29.9 Å². The molecule has 0 aromatic carbocycles. The fourth-order valence-corrected chi connectivity index (χ4v) is 5.15. The van der Waals surface area contributed by atoms with E-state index in [0.29, 0.717) is 6.42 Å². The van der Waals surface area contributed by atoms with Gasteiger partial charge in [-0.05, 0) is 101 Å². The molecule has 6 heteroatoms. The van der Waals surface area contributed by atoms with Gasteiger partial charge in [-0.2, -0.15) is 0 Å². The number of hydrogen-bond donors (Lipinski definition) is 4. The molecule has 1 fully saturated rings. The van der Waals surface area contributed by atoms with Gasteiger partial charge in [0.15, 0.2) is 6.29 Å². The topological polar surface area (TPSA) is 99.4 Å². The molecule has 1 saturated heterocycles. The average molecular weight is 717 g/mol. The molecule has 1 aliphatic heterocycles. The average Bonchev–Trinajstić information content (AvgIpc) is 3.06. The van der Waals surface area contributed by atoms with E-state index in [1.807, 2.05) is 13.8 Å². The smallest absolute Gasteiger partial charge is 0.187 e. The molecule has 1 aliphatic rings. The molecule has 288 valence electrons. The van der Waals surface area contributed by atoms with Crippen LogP contribution in [0.2, 0.25) is 0 Å². The van der Waals surface area contributed by atoms with E-state index in [0.717, 1.165) is 36.8 Å². The first-order chi connectivity index (χ1) is 24.5. The molecule has 0 unspecified atom stereocenters. The second-order valence-electron chi connectivity index (χ2n) is 14.7. The highest BCUT2D eigenvalue weighted by atomic mass is 16.7. The van der Waals surface area contributed by atoms with Gasteiger partial charge in [0.25, 0.3) is 0 Å². The molecular formula is C46H68O6. The third-order valence-electron chi connectivity index (χ3n) is 8.47. The first-order valence-electron chi connectivity index (χ1n) is 18.6. The summed E-state index contributed by atoms with van der Waals surface area (Å²) in [6, 6.07) is 0. The molecule has 0 spiro atoms. The lowest BCUT2D eigenvalue weighted by molar-refractivity contribution is -0.323. The van der Waals surface area contributed by atoms with Crippen molar-refractivity contribution in [3.05, 3.63) is 142 Å². The Hall–Kier alpha value is -3.36. The van der Waals surface area contributed by atoms with Crippen LogP contribution in [0.25, 0.3) is 0 Å². The molecule has 0 bridgehead atoms. The Morgan fingerprint density at radius 3 is 1.50 bits per heavy atom. The van der Waals surface area contributed by atoms with Crippen molar-refractivity contribution in [2.45, 2.75) is 138 Å². The van der Waals surface area contributed by atoms with Crippen LogP contribution < -0.4 is 0 Å². The van der Waals surface area contributed by atoms with Crippen molar-refractivity contribution in [2.75, 3.05) is 6.61 Å². The zero-order valence-electron chi connectivity index (χ0n) is 33.5. The molecule has 1 rings (SSSR count). The van der Waals surface area contributed by atoms with E-state index < -0.39 is 42.9 Å². The Bertz CT molecular complexity index is 1450. The van der Waals surface area contributed by atoms with E-state index in [4.69, 9.17) is 9.47 Å². The molecule has 52 heavy (non-hydrogen) atoms. The Morgan fingerprint density at radius 1 is 0.596 bits per heavy atom. The van der Waals surface area contributed by atoms with Crippen LogP contribution in [0.1, 0.15) is 101 Å². The molecular weight excluding hydrogens is 649 g/mol. The lowest BCUT2D eigenvalue weighted by Gasteiger charge is -2.42. The fraction of sp³-hybridized carbons (Fsp3) is 0.478. The van der Waals surface area contributed by atoms with Gasteiger partial charge in [0.05, 0.1) is 12.2 Å². The van der Waals surface area contributed by atoms with Crippen LogP contribution in [-0.4, -0.2) is 63.3 Å². The summed E-state index contributed by atoms with van der Waals surface area (Å²) >= 11 is 0. The van der Waals surface area contributed by atoms with Gasteiger partial charge in [0.1, 0.15) is 24.4 Å². The molecule has 4 N–H and O–H groups in total. The van der Waals surface area contributed by atoms with Gasteiger partial charge < -0.3 is 29.9 Å². The van der Waals surface area contributed by atoms with Gasteiger partial charge >= 0.3 is 0 Å². The molecule has 0 aromatic rings. The van der Waals surface area contributed by atoms with Crippen LogP contribution in [0, 0.1) is 0 Å². The predicted octanol–water partition coefficient (Wildman–Crippen LogP) is 9.96. The van der Waals surface area contributed by atoms with Gasteiger partial charge in [-0.25, -0.2) is 0 Å². The van der Waals surface area contributed by atoms with E-state index in [1.54, 1.807) is 0 Å². The molecule has 6 nitrogen and oxygen atoms in total. The van der Waals surface area contributed by atoms with Gasteiger partial charge in [0, 0.05) is 0 Å². The minimum Gasteiger partial charge on any atom is -0.394 e. The molecule has 0 radical (unpaired) electrons. The number of allylic oxidation sites excluding steroid dienone is 24.